The predicted molar refractivity (Wildman–Crippen MR) is 123 cm³/mol. The van der Waals surface area contributed by atoms with Crippen molar-refractivity contribution in [3.8, 4) is 0 Å². The van der Waals surface area contributed by atoms with Crippen LogP contribution in [0.4, 0.5) is 19.0 Å². The number of nitrogens with zero attached hydrogens (tertiary/aromatic N) is 3. The van der Waals surface area contributed by atoms with Crippen LogP contribution in [0.3, 0.4) is 0 Å². The first-order valence-electron chi connectivity index (χ1n) is 11.2. The first-order valence-corrected chi connectivity index (χ1v) is 12.7. The van der Waals surface area contributed by atoms with Crippen LogP contribution in [-0.2, 0) is 9.84 Å². The van der Waals surface area contributed by atoms with E-state index in [1.54, 1.807) is 48.5 Å². The first kappa shape index (κ1) is 23.4. The molecular weight excluding hydrogens is 481 g/mol. The van der Waals surface area contributed by atoms with Gasteiger partial charge in [-0.3, -0.25) is 4.79 Å². The van der Waals surface area contributed by atoms with Gasteiger partial charge in [-0.2, -0.15) is 18.3 Å². The molecule has 3 aromatic rings. The molecule has 0 spiro atoms. The van der Waals surface area contributed by atoms with Crippen molar-refractivity contribution in [2.24, 2.45) is 0 Å². The molecule has 35 heavy (non-hydrogen) atoms. The smallest absolute Gasteiger partial charge is 0.363 e. The number of likely N-dealkylation sites (tertiary alicyclic amines) is 1. The zero-order valence-electron chi connectivity index (χ0n) is 18.5. The maximum atomic E-state index is 13.9. The Morgan fingerprint density at radius 1 is 1.03 bits per heavy atom. The van der Waals surface area contributed by atoms with E-state index >= 15 is 0 Å². The number of hydrogen-bond acceptors (Lipinski definition) is 5. The second-order valence-electron chi connectivity index (χ2n) is 8.77. The summed E-state index contributed by atoms with van der Waals surface area (Å²) in [6.07, 6.45) is -3.44. The molecule has 5 rings (SSSR count). The van der Waals surface area contributed by atoms with Crippen LogP contribution in [0.1, 0.15) is 40.8 Å². The van der Waals surface area contributed by atoms with Crippen LogP contribution >= 0.6 is 0 Å². The minimum absolute atomic E-state index is 0.00219. The Morgan fingerprint density at radius 3 is 2.34 bits per heavy atom. The molecule has 3 heterocycles. The number of benzene rings is 2. The summed E-state index contributed by atoms with van der Waals surface area (Å²) in [7, 11) is -3.64. The standard InChI is InChI=1S/C24H23F3N4O3S/c25-24(26,27)21-13-20(16-7-3-1-4-8-16)29-22-19(14-28-31(21)22)23(32)30-12-11-18(15-30)35(33,34)17-9-5-2-6-10-17/h1-10,14,18,20-21,29H,11-13,15H2. The average Bonchev–Trinajstić information content (AvgIpc) is 3.52. The Morgan fingerprint density at radius 2 is 1.69 bits per heavy atom. The van der Waals surface area contributed by atoms with Crippen LogP contribution in [0.5, 0.6) is 0 Å². The molecule has 3 unspecified atom stereocenters. The number of carbonyl (C=O) groups excluding carboxylic acids is 1. The minimum Gasteiger partial charge on any atom is -0.363 e. The number of fused-ring (bicyclic) bond motifs is 1. The van der Waals surface area contributed by atoms with Crippen molar-refractivity contribution in [1.29, 1.82) is 0 Å². The first-order chi connectivity index (χ1) is 16.7. The maximum absolute atomic E-state index is 13.9. The van der Waals surface area contributed by atoms with Crippen LogP contribution in [-0.4, -0.2) is 53.5 Å². The second-order valence-corrected chi connectivity index (χ2v) is 11.0. The summed E-state index contributed by atoms with van der Waals surface area (Å²) in [6.45, 7) is 0.149. The number of nitrogens with one attached hydrogen (secondary N) is 1. The molecule has 7 nitrogen and oxygen atoms in total. The topological polar surface area (TPSA) is 84.3 Å². The van der Waals surface area contributed by atoms with Crippen molar-refractivity contribution in [1.82, 2.24) is 14.7 Å². The molecule has 1 aromatic heterocycles. The van der Waals surface area contributed by atoms with E-state index in [1.165, 1.54) is 17.0 Å². The number of alkyl halides is 3. The van der Waals surface area contributed by atoms with Gasteiger partial charge in [-0.25, -0.2) is 13.1 Å². The number of halogens is 3. The zero-order valence-corrected chi connectivity index (χ0v) is 19.3. The SMILES string of the molecule is O=C(c1cnn2c1NC(c1ccccc1)CC2C(F)(F)F)N1CCC(S(=O)(=O)c2ccccc2)C1. The van der Waals surface area contributed by atoms with Crippen LogP contribution < -0.4 is 5.32 Å². The lowest BCUT2D eigenvalue weighted by molar-refractivity contribution is -0.173. The monoisotopic (exact) mass is 504 g/mol. The summed E-state index contributed by atoms with van der Waals surface area (Å²) in [5, 5.41) is 6.20. The highest BCUT2D eigenvalue weighted by Gasteiger charge is 2.48. The van der Waals surface area contributed by atoms with Gasteiger partial charge in [0.25, 0.3) is 5.91 Å². The highest BCUT2D eigenvalue weighted by atomic mass is 32.2. The van der Waals surface area contributed by atoms with E-state index < -0.39 is 39.3 Å². The van der Waals surface area contributed by atoms with Crippen molar-refractivity contribution in [2.75, 3.05) is 18.4 Å². The van der Waals surface area contributed by atoms with Gasteiger partial charge in [0.05, 0.1) is 22.4 Å². The summed E-state index contributed by atoms with van der Waals surface area (Å²) in [6, 6.07) is 14.2. The molecule has 3 atom stereocenters. The van der Waals surface area contributed by atoms with Gasteiger partial charge in [-0.1, -0.05) is 48.5 Å². The number of hydrogen-bond donors (Lipinski definition) is 1. The summed E-state index contributed by atoms with van der Waals surface area (Å²) in [5.74, 6) is -0.550. The van der Waals surface area contributed by atoms with E-state index in [9.17, 15) is 26.4 Å². The van der Waals surface area contributed by atoms with Crippen molar-refractivity contribution in [3.63, 3.8) is 0 Å². The normalized spacial score (nSPS) is 22.5. The van der Waals surface area contributed by atoms with Crippen LogP contribution in [0.25, 0.3) is 0 Å². The molecule has 2 aliphatic heterocycles. The number of amides is 1. The maximum Gasteiger partial charge on any atom is 0.410 e. The molecule has 0 saturated carbocycles. The van der Waals surface area contributed by atoms with Gasteiger partial charge < -0.3 is 10.2 Å². The van der Waals surface area contributed by atoms with E-state index in [0.717, 1.165) is 10.9 Å². The van der Waals surface area contributed by atoms with E-state index in [1.807, 2.05) is 0 Å². The highest BCUT2D eigenvalue weighted by Crippen LogP contribution is 2.44. The van der Waals surface area contributed by atoms with Crippen LogP contribution in [0, 0.1) is 0 Å². The lowest BCUT2D eigenvalue weighted by atomic mass is 9.96. The third kappa shape index (κ3) is 4.29. The van der Waals surface area contributed by atoms with Gasteiger partial charge in [-0.15, -0.1) is 0 Å². The molecule has 2 aromatic carbocycles. The van der Waals surface area contributed by atoms with E-state index in [2.05, 4.69) is 10.4 Å². The van der Waals surface area contributed by atoms with Gasteiger partial charge in [0, 0.05) is 19.5 Å². The van der Waals surface area contributed by atoms with E-state index in [0.29, 0.717) is 5.56 Å². The molecule has 2 aliphatic rings. The largest absolute Gasteiger partial charge is 0.410 e. The number of anilines is 1. The van der Waals surface area contributed by atoms with Crippen LogP contribution in [0.15, 0.2) is 71.8 Å². The van der Waals surface area contributed by atoms with Gasteiger partial charge in [0.2, 0.25) is 0 Å². The summed E-state index contributed by atoms with van der Waals surface area (Å²) in [4.78, 5) is 14.9. The molecule has 1 amide bonds. The Bertz CT molecular complexity index is 1330. The zero-order chi connectivity index (χ0) is 24.8. The molecule has 0 radical (unpaired) electrons. The number of rotatable bonds is 4. The molecule has 184 valence electrons. The average molecular weight is 505 g/mol. The molecule has 0 aliphatic carbocycles. The lowest BCUT2D eigenvalue weighted by Crippen LogP contribution is -2.37. The Hall–Kier alpha value is -3.34. The predicted octanol–water partition coefficient (Wildman–Crippen LogP) is 4.23. The fourth-order valence-electron chi connectivity index (χ4n) is 4.76. The summed E-state index contributed by atoms with van der Waals surface area (Å²) >= 11 is 0. The number of carbonyl (C=O) groups is 1. The Kier molecular flexibility index (Phi) is 5.82. The van der Waals surface area contributed by atoms with E-state index in [-0.39, 0.29) is 42.2 Å². The molecular formula is C24H23F3N4O3S. The molecule has 1 saturated heterocycles. The Labute approximate surface area is 200 Å². The Balaban J connectivity index is 1.42. The minimum atomic E-state index is -4.56. The van der Waals surface area contributed by atoms with Crippen molar-refractivity contribution in [2.45, 2.75) is 41.2 Å². The quantitative estimate of drug-likeness (QED) is 0.575. The molecule has 0 bridgehead atoms. The fraction of sp³-hybridized carbons (Fsp3) is 0.333. The lowest BCUT2D eigenvalue weighted by Gasteiger charge is -2.34. The van der Waals surface area contributed by atoms with E-state index in [4.69, 9.17) is 0 Å². The molecule has 1 N–H and O–H groups in total. The third-order valence-electron chi connectivity index (χ3n) is 6.61. The van der Waals surface area contributed by atoms with Crippen LogP contribution in [0.2, 0.25) is 0 Å². The highest BCUT2D eigenvalue weighted by molar-refractivity contribution is 7.92. The van der Waals surface area contributed by atoms with Crippen molar-refractivity contribution in [3.05, 3.63) is 78.0 Å². The molecule has 11 heteroatoms. The van der Waals surface area contributed by atoms with Gasteiger partial charge in [-0.05, 0) is 24.1 Å². The third-order valence-corrected chi connectivity index (χ3v) is 8.81. The summed E-state index contributed by atoms with van der Waals surface area (Å²) < 4.78 is 68.5. The van der Waals surface area contributed by atoms with Gasteiger partial charge in [0.1, 0.15) is 11.4 Å². The van der Waals surface area contributed by atoms with Gasteiger partial charge in [0.15, 0.2) is 15.9 Å². The molecule has 1 fully saturated rings. The number of sulfone groups is 1. The summed E-state index contributed by atoms with van der Waals surface area (Å²) in [5.41, 5.74) is 0.667. The van der Waals surface area contributed by atoms with Crippen molar-refractivity contribution < 1.29 is 26.4 Å². The number of aromatic nitrogens is 2. The van der Waals surface area contributed by atoms with Crippen molar-refractivity contribution >= 4 is 21.6 Å². The fourth-order valence-corrected chi connectivity index (χ4v) is 6.48. The van der Waals surface area contributed by atoms with Gasteiger partial charge >= 0.3 is 6.18 Å². The second kappa shape index (κ2) is 8.71.